The zero-order valence-corrected chi connectivity index (χ0v) is 20.3. The number of benzene rings is 1. The third kappa shape index (κ3) is 4.84. The number of rotatable bonds is 8. The molecule has 3 aliphatic rings. The number of anilines is 1. The number of imide groups is 1. The van der Waals surface area contributed by atoms with Gasteiger partial charge in [0.1, 0.15) is 5.69 Å². The highest BCUT2D eigenvalue weighted by molar-refractivity contribution is 6.36. The van der Waals surface area contributed by atoms with Gasteiger partial charge in [-0.25, -0.2) is 19.6 Å². The SMILES string of the molecule is CCOC(=O)Oc1c2ccc(CN(O)C=O)ccc-2c(OC(=O)OCC)c1N1C(=O)c2ccccc2C1=O. The Hall–Kier alpha value is -4.97. The average Bonchev–Trinajstić information content (AvgIpc) is 3.18. The molecule has 0 bridgehead atoms. The molecular weight excluding hydrogens is 500 g/mol. The van der Waals surface area contributed by atoms with E-state index in [1.807, 2.05) is 0 Å². The zero-order valence-electron chi connectivity index (χ0n) is 20.3. The highest BCUT2D eigenvalue weighted by atomic mass is 16.7. The molecular formula is C26H22N2O10. The number of carbonyl (C=O) groups is 5. The molecule has 1 aliphatic heterocycles. The lowest BCUT2D eigenvalue weighted by Gasteiger charge is -2.17. The fourth-order valence-corrected chi connectivity index (χ4v) is 3.96. The minimum atomic E-state index is -1.13. The van der Waals surface area contributed by atoms with Crippen molar-refractivity contribution in [1.29, 1.82) is 0 Å². The van der Waals surface area contributed by atoms with Crippen LogP contribution in [0.25, 0.3) is 11.1 Å². The molecule has 1 aromatic carbocycles. The molecule has 38 heavy (non-hydrogen) atoms. The molecule has 0 saturated heterocycles. The predicted molar refractivity (Wildman–Crippen MR) is 129 cm³/mol. The molecule has 4 rings (SSSR count). The van der Waals surface area contributed by atoms with Crippen LogP contribution >= 0.6 is 0 Å². The summed E-state index contributed by atoms with van der Waals surface area (Å²) in [6.45, 7) is 2.88. The highest BCUT2D eigenvalue weighted by Gasteiger charge is 2.43. The van der Waals surface area contributed by atoms with E-state index in [0.29, 0.717) is 10.6 Å². The Kier molecular flexibility index (Phi) is 7.53. The van der Waals surface area contributed by atoms with Gasteiger partial charge in [-0.05, 0) is 31.5 Å². The van der Waals surface area contributed by atoms with E-state index in [1.165, 1.54) is 36.4 Å². The van der Waals surface area contributed by atoms with Gasteiger partial charge in [-0.3, -0.25) is 19.6 Å². The number of hydrogen-bond donors (Lipinski definition) is 1. The summed E-state index contributed by atoms with van der Waals surface area (Å²) in [5.74, 6) is -2.03. The van der Waals surface area contributed by atoms with E-state index in [4.69, 9.17) is 18.9 Å². The summed E-state index contributed by atoms with van der Waals surface area (Å²) in [4.78, 5) is 63.2. The molecule has 12 nitrogen and oxygen atoms in total. The number of carbonyl (C=O) groups excluding carboxylic acids is 5. The van der Waals surface area contributed by atoms with E-state index in [-0.39, 0.29) is 65.6 Å². The summed E-state index contributed by atoms with van der Waals surface area (Å²) in [5.41, 5.74) is 0.684. The van der Waals surface area contributed by atoms with E-state index >= 15 is 0 Å². The average molecular weight is 522 g/mol. The van der Waals surface area contributed by atoms with Gasteiger partial charge in [0, 0.05) is 11.1 Å². The van der Waals surface area contributed by atoms with Crippen LogP contribution in [-0.2, 0) is 20.8 Å². The maximum atomic E-state index is 13.4. The molecule has 12 heteroatoms. The van der Waals surface area contributed by atoms with E-state index in [9.17, 15) is 29.2 Å². The predicted octanol–water partition coefficient (Wildman–Crippen LogP) is 4.01. The Morgan fingerprint density at radius 1 is 0.816 bits per heavy atom. The minimum Gasteiger partial charge on any atom is -0.434 e. The van der Waals surface area contributed by atoms with Gasteiger partial charge in [-0.1, -0.05) is 36.4 Å². The number of hydroxylamine groups is 2. The van der Waals surface area contributed by atoms with Crippen LogP contribution in [-0.4, -0.2) is 54.0 Å². The number of hydrogen-bond acceptors (Lipinski definition) is 10. The fourth-order valence-electron chi connectivity index (χ4n) is 3.96. The van der Waals surface area contributed by atoms with Crippen LogP contribution in [0.4, 0.5) is 15.3 Å². The van der Waals surface area contributed by atoms with Crippen molar-refractivity contribution in [1.82, 2.24) is 5.06 Å². The Morgan fingerprint density at radius 3 is 1.71 bits per heavy atom. The Morgan fingerprint density at radius 2 is 1.29 bits per heavy atom. The molecule has 0 spiro atoms. The highest BCUT2D eigenvalue weighted by Crippen LogP contribution is 2.55. The molecule has 1 heterocycles. The van der Waals surface area contributed by atoms with Crippen molar-refractivity contribution in [2.75, 3.05) is 18.1 Å². The molecule has 1 N–H and O–H groups in total. The van der Waals surface area contributed by atoms with Crippen LogP contribution in [0.3, 0.4) is 0 Å². The van der Waals surface area contributed by atoms with E-state index in [1.54, 1.807) is 26.0 Å². The number of nitrogens with zero attached hydrogens (tertiary/aromatic N) is 2. The van der Waals surface area contributed by atoms with Gasteiger partial charge in [0.2, 0.25) is 6.41 Å². The number of fused-ring (bicyclic) bond motifs is 2. The summed E-state index contributed by atoms with van der Waals surface area (Å²) in [6.07, 6.45) is -2.04. The molecule has 0 saturated carbocycles. The molecule has 3 amide bonds. The first-order chi connectivity index (χ1) is 18.3. The van der Waals surface area contributed by atoms with E-state index < -0.39 is 24.1 Å². The lowest BCUT2D eigenvalue weighted by atomic mass is 10.1. The summed E-state index contributed by atoms with van der Waals surface area (Å²) in [5, 5.41) is 10.0. The van der Waals surface area contributed by atoms with Crippen molar-refractivity contribution >= 4 is 36.2 Å². The van der Waals surface area contributed by atoms with Gasteiger partial charge in [0.25, 0.3) is 11.8 Å². The molecule has 2 aliphatic carbocycles. The monoisotopic (exact) mass is 522 g/mol. The van der Waals surface area contributed by atoms with Crippen LogP contribution in [0.1, 0.15) is 40.1 Å². The Balaban J connectivity index is 1.98. The quantitative estimate of drug-likeness (QED) is 0.151. The van der Waals surface area contributed by atoms with Crippen molar-refractivity contribution in [3.05, 3.63) is 65.2 Å². The number of ether oxygens (including phenoxy) is 4. The molecule has 0 atom stereocenters. The zero-order chi connectivity index (χ0) is 27.4. The standard InChI is InChI=1S/C26H22N2O10/c1-3-35-25(32)37-21-16-11-9-15(13-27(34)14-29)10-12-17(16)22(38-26(33)36-4-2)20(21)28-23(30)18-7-5-6-8-19(18)24(28)31/h5-12,14,34H,3-4,13H2,1-2H3. The molecule has 0 fully saturated rings. The van der Waals surface area contributed by atoms with Gasteiger partial charge >= 0.3 is 12.3 Å². The first-order valence-electron chi connectivity index (χ1n) is 11.5. The molecule has 0 aromatic heterocycles. The second-order valence-electron chi connectivity index (χ2n) is 7.84. The summed E-state index contributed by atoms with van der Waals surface area (Å²) in [7, 11) is 0. The second kappa shape index (κ2) is 11.0. The smallest absolute Gasteiger partial charge is 0.434 e. The summed E-state index contributed by atoms with van der Waals surface area (Å²) < 4.78 is 20.7. The summed E-state index contributed by atoms with van der Waals surface area (Å²) in [6, 6.07) is 12.0. The molecule has 0 radical (unpaired) electrons. The maximum absolute atomic E-state index is 13.4. The van der Waals surface area contributed by atoms with Crippen LogP contribution in [0.5, 0.6) is 11.5 Å². The molecule has 0 unspecified atom stereocenters. The summed E-state index contributed by atoms with van der Waals surface area (Å²) >= 11 is 0. The third-order valence-corrected chi connectivity index (χ3v) is 5.52. The first-order valence-corrected chi connectivity index (χ1v) is 11.5. The van der Waals surface area contributed by atoms with Gasteiger partial charge in [0.05, 0.1) is 30.9 Å². The van der Waals surface area contributed by atoms with Crippen molar-refractivity contribution in [3.8, 4) is 22.6 Å². The minimum absolute atomic E-state index is 0.0258. The largest absolute Gasteiger partial charge is 0.513 e. The van der Waals surface area contributed by atoms with E-state index in [0.717, 1.165) is 4.90 Å². The second-order valence-corrected chi connectivity index (χ2v) is 7.84. The van der Waals surface area contributed by atoms with Gasteiger partial charge in [-0.15, -0.1) is 0 Å². The molecule has 196 valence electrons. The Bertz CT molecular complexity index is 1310. The normalized spacial score (nSPS) is 12.2. The first kappa shape index (κ1) is 26.1. The third-order valence-electron chi connectivity index (χ3n) is 5.52. The maximum Gasteiger partial charge on any atom is 0.513 e. The lowest BCUT2D eigenvalue weighted by Crippen LogP contribution is -2.30. The lowest BCUT2D eigenvalue weighted by molar-refractivity contribution is -0.152. The van der Waals surface area contributed by atoms with Crippen molar-refractivity contribution in [2.45, 2.75) is 20.4 Å². The topological polar surface area (TPSA) is 149 Å². The van der Waals surface area contributed by atoms with E-state index in [2.05, 4.69) is 0 Å². The fraction of sp³-hybridized carbons (Fsp3) is 0.192. The van der Waals surface area contributed by atoms with Gasteiger partial charge in [-0.2, -0.15) is 0 Å². The van der Waals surface area contributed by atoms with Crippen LogP contribution in [0, 0.1) is 0 Å². The van der Waals surface area contributed by atoms with Crippen molar-refractivity contribution < 1.29 is 48.1 Å². The Labute approximate surface area is 216 Å². The van der Waals surface area contributed by atoms with Crippen LogP contribution < -0.4 is 14.4 Å². The van der Waals surface area contributed by atoms with Gasteiger partial charge < -0.3 is 18.9 Å². The van der Waals surface area contributed by atoms with Crippen LogP contribution in [0.15, 0.2) is 48.5 Å². The number of amides is 3. The van der Waals surface area contributed by atoms with Crippen molar-refractivity contribution in [3.63, 3.8) is 0 Å². The molecule has 1 aromatic rings. The van der Waals surface area contributed by atoms with Gasteiger partial charge in [0.15, 0.2) is 11.5 Å². The van der Waals surface area contributed by atoms with Crippen molar-refractivity contribution in [2.24, 2.45) is 0 Å². The van der Waals surface area contributed by atoms with Crippen LogP contribution in [0.2, 0.25) is 0 Å².